The van der Waals surface area contributed by atoms with Crippen LogP contribution in [0, 0.1) is 0 Å². The third-order valence-corrected chi connectivity index (χ3v) is 4.69. The van der Waals surface area contributed by atoms with Gasteiger partial charge >= 0.3 is 0 Å². The van der Waals surface area contributed by atoms with Crippen molar-refractivity contribution in [3.8, 4) is 0 Å². The van der Waals surface area contributed by atoms with E-state index in [-0.39, 0.29) is 12.1 Å². The molecule has 0 aliphatic carbocycles. The molecule has 1 rings (SSSR count). The molecule has 0 amide bonds. The second kappa shape index (κ2) is 7.02. The van der Waals surface area contributed by atoms with Crippen LogP contribution in [-0.2, 0) is 16.6 Å². The van der Waals surface area contributed by atoms with Crippen molar-refractivity contribution in [1.82, 2.24) is 19.8 Å². The highest BCUT2D eigenvalue weighted by atomic mass is 32.2. The minimum absolute atomic E-state index is 0.189. The first kappa shape index (κ1) is 16.1. The van der Waals surface area contributed by atoms with Crippen molar-refractivity contribution < 1.29 is 8.42 Å². The molecule has 0 fully saturated rings. The van der Waals surface area contributed by atoms with Crippen molar-refractivity contribution in [3.63, 3.8) is 0 Å². The van der Waals surface area contributed by atoms with E-state index in [4.69, 9.17) is 0 Å². The quantitative estimate of drug-likeness (QED) is 0.733. The zero-order valence-corrected chi connectivity index (χ0v) is 12.8. The van der Waals surface area contributed by atoms with Gasteiger partial charge in [0.1, 0.15) is 0 Å². The lowest BCUT2D eigenvalue weighted by atomic mass is 10.3. The van der Waals surface area contributed by atoms with Crippen LogP contribution in [0.25, 0.3) is 0 Å². The van der Waals surface area contributed by atoms with Gasteiger partial charge in [-0.3, -0.25) is 4.68 Å². The van der Waals surface area contributed by atoms with Crippen LogP contribution in [0.15, 0.2) is 18.5 Å². The van der Waals surface area contributed by atoms with Gasteiger partial charge in [-0.15, -0.1) is 0 Å². The second-order valence-corrected chi connectivity index (χ2v) is 7.30. The molecule has 2 atom stereocenters. The number of nitrogens with zero attached hydrogens (tertiary/aromatic N) is 2. The molecule has 2 unspecified atom stereocenters. The Kier molecular flexibility index (Phi) is 5.96. The maximum Gasteiger partial charge on any atom is 0.215 e. The van der Waals surface area contributed by atoms with Crippen LogP contribution < -0.4 is 10.0 Å². The summed E-state index contributed by atoms with van der Waals surface area (Å²) in [5.41, 5.74) is 0. The molecule has 1 heterocycles. The van der Waals surface area contributed by atoms with Gasteiger partial charge in [0.25, 0.3) is 0 Å². The van der Waals surface area contributed by atoms with E-state index in [9.17, 15) is 8.42 Å². The smallest absolute Gasteiger partial charge is 0.215 e. The molecule has 0 bridgehead atoms. The van der Waals surface area contributed by atoms with Crippen LogP contribution in [0.5, 0.6) is 0 Å². The van der Waals surface area contributed by atoms with Gasteiger partial charge in [0, 0.05) is 31.0 Å². The van der Waals surface area contributed by atoms with Crippen molar-refractivity contribution in [2.45, 2.75) is 51.6 Å². The van der Waals surface area contributed by atoms with Crippen LogP contribution in [0.2, 0.25) is 0 Å². The zero-order valence-electron chi connectivity index (χ0n) is 12.0. The Morgan fingerprint density at radius 3 is 2.47 bits per heavy atom. The minimum Gasteiger partial charge on any atom is -0.313 e. The lowest BCUT2D eigenvalue weighted by molar-refractivity contribution is 0.485. The fraction of sp³-hybridized carbons (Fsp3) is 0.750. The molecule has 1 aromatic rings. The zero-order chi connectivity index (χ0) is 14.5. The third kappa shape index (κ3) is 5.71. The number of hydrogen-bond acceptors (Lipinski definition) is 4. The molecule has 0 radical (unpaired) electrons. The third-order valence-electron chi connectivity index (χ3n) is 2.73. The molecule has 7 heteroatoms. The predicted octanol–water partition coefficient (Wildman–Crippen LogP) is 0.578. The monoisotopic (exact) mass is 288 g/mol. The molecule has 0 spiro atoms. The molecular weight excluding hydrogens is 264 g/mol. The molecule has 0 aliphatic rings. The molecule has 0 saturated heterocycles. The summed E-state index contributed by atoms with van der Waals surface area (Å²) in [5, 5.41) is 6.73. The van der Waals surface area contributed by atoms with E-state index in [1.807, 2.05) is 33.0 Å². The molecule has 0 saturated carbocycles. The van der Waals surface area contributed by atoms with Gasteiger partial charge in [0.05, 0.1) is 11.8 Å². The first-order chi connectivity index (χ1) is 8.81. The van der Waals surface area contributed by atoms with Crippen LogP contribution in [0.3, 0.4) is 0 Å². The Labute approximate surface area is 115 Å². The standard InChI is InChI=1S/C12H24N4O2S/c1-10(2)13-8-12(4)19(17,18)15-11(3)9-16-7-5-6-14-16/h5-7,10-13,15H,8-9H2,1-4H3. The molecule has 0 aliphatic heterocycles. The summed E-state index contributed by atoms with van der Waals surface area (Å²) in [6.07, 6.45) is 3.49. The van der Waals surface area contributed by atoms with E-state index in [2.05, 4.69) is 15.1 Å². The summed E-state index contributed by atoms with van der Waals surface area (Å²) in [6.45, 7) is 8.50. The van der Waals surface area contributed by atoms with Crippen LogP contribution in [0.1, 0.15) is 27.7 Å². The molecular formula is C12H24N4O2S. The predicted molar refractivity (Wildman–Crippen MR) is 76.3 cm³/mol. The largest absolute Gasteiger partial charge is 0.313 e. The highest BCUT2D eigenvalue weighted by Gasteiger charge is 2.22. The number of sulfonamides is 1. The summed E-state index contributed by atoms with van der Waals surface area (Å²) in [4.78, 5) is 0. The van der Waals surface area contributed by atoms with Crippen LogP contribution in [0.4, 0.5) is 0 Å². The topological polar surface area (TPSA) is 76.0 Å². The second-order valence-electron chi connectivity index (χ2n) is 5.17. The van der Waals surface area contributed by atoms with Gasteiger partial charge in [-0.05, 0) is 19.9 Å². The van der Waals surface area contributed by atoms with Gasteiger partial charge in [-0.1, -0.05) is 13.8 Å². The van der Waals surface area contributed by atoms with Gasteiger partial charge in [0.2, 0.25) is 10.0 Å². The lowest BCUT2D eigenvalue weighted by Crippen LogP contribution is -2.45. The fourth-order valence-electron chi connectivity index (χ4n) is 1.63. The molecule has 1 aromatic heterocycles. The van der Waals surface area contributed by atoms with Gasteiger partial charge in [-0.2, -0.15) is 5.10 Å². The van der Waals surface area contributed by atoms with Crippen molar-refractivity contribution >= 4 is 10.0 Å². The number of nitrogens with one attached hydrogen (secondary N) is 2. The molecule has 2 N–H and O–H groups in total. The van der Waals surface area contributed by atoms with Crippen molar-refractivity contribution in [3.05, 3.63) is 18.5 Å². The molecule has 110 valence electrons. The maximum atomic E-state index is 12.1. The molecule has 6 nitrogen and oxygen atoms in total. The van der Waals surface area contributed by atoms with E-state index < -0.39 is 15.3 Å². The summed E-state index contributed by atoms with van der Waals surface area (Å²) >= 11 is 0. The van der Waals surface area contributed by atoms with Crippen LogP contribution in [-0.4, -0.2) is 42.1 Å². The highest BCUT2D eigenvalue weighted by molar-refractivity contribution is 7.90. The SMILES string of the molecule is CC(C)NCC(C)S(=O)(=O)NC(C)Cn1cccn1. The molecule has 0 aromatic carbocycles. The van der Waals surface area contributed by atoms with E-state index in [0.717, 1.165) is 0 Å². The summed E-state index contributed by atoms with van der Waals surface area (Å²) in [7, 11) is -3.31. The highest BCUT2D eigenvalue weighted by Crippen LogP contribution is 2.01. The van der Waals surface area contributed by atoms with E-state index in [0.29, 0.717) is 13.1 Å². The summed E-state index contributed by atoms with van der Waals surface area (Å²) in [6, 6.07) is 1.90. The van der Waals surface area contributed by atoms with Crippen molar-refractivity contribution in [1.29, 1.82) is 0 Å². The fourth-order valence-corrected chi connectivity index (χ4v) is 2.82. The first-order valence-electron chi connectivity index (χ1n) is 6.53. The number of aromatic nitrogens is 2. The van der Waals surface area contributed by atoms with E-state index in [1.54, 1.807) is 17.8 Å². The Morgan fingerprint density at radius 2 is 1.95 bits per heavy atom. The maximum absolute atomic E-state index is 12.1. The Balaban J connectivity index is 2.48. The number of hydrogen-bond donors (Lipinski definition) is 2. The van der Waals surface area contributed by atoms with E-state index in [1.165, 1.54) is 0 Å². The Morgan fingerprint density at radius 1 is 1.26 bits per heavy atom. The minimum atomic E-state index is -3.31. The van der Waals surface area contributed by atoms with Gasteiger partial charge in [0.15, 0.2) is 0 Å². The summed E-state index contributed by atoms with van der Waals surface area (Å²) < 4.78 is 28.6. The average molecular weight is 288 g/mol. The van der Waals surface area contributed by atoms with Crippen molar-refractivity contribution in [2.75, 3.05) is 6.54 Å². The van der Waals surface area contributed by atoms with E-state index >= 15 is 0 Å². The number of rotatable bonds is 8. The van der Waals surface area contributed by atoms with Crippen molar-refractivity contribution in [2.24, 2.45) is 0 Å². The normalized spacial score (nSPS) is 15.6. The summed E-state index contributed by atoms with van der Waals surface area (Å²) in [5.74, 6) is 0. The van der Waals surface area contributed by atoms with Crippen LogP contribution >= 0.6 is 0 Å². The first-order valence-corrected chi connectivity index (χ1v) is 8.08. The lowest BCUT2D eigenvalue weighted by Gasteiger charge is -2.19. The average Bonchev–Trinajstić information content (AvgIpc) is 2.77. The Bertz CT molecular complexity index is 456. The Hall–Kier alpha value is -0.920. The van der Waals surface area contributed by atoms with Gasteiger partial charge < -0.3 is 5.32 Å². The molecule has 19 heavy (non-hydrogen) atoms. The van der Waals surface area contributed by atoms with Gasteiger partial charge in [-0.25, -0.2) is 13.1 Å².